The van der Waals surface area contributed by atoms with Gasteiger partial charge in [0.2, 0.25) is 10.0 Å². The van der Waals surface area contributed by atoms with E-state index in [2.05, 4.69) is 11.0 Å². The summed E-state index contributed by atoms with van der Waals surface area (Å²) in [7, 11) is -3.60. The summed E-state index contributed by atoms with van der Waals surface area (Å²) in [5.74, 6) is -0.120. The first-order valence-electron chi connectivity index (χ1n) is 9.25. The van der Waals surface area contributed by atoms with Crippen molar-refractivity contribution in [3.05, 3.63) is 58.9 Å². The Bertz CT molecular complexity index is 936. The van der Waals surface area contributed by atoms with Gasteiger partial charge in [0.1, 0.15) is 11.6 Å². The Morgan fingerprint density at radius 2 is 1.59 bits per heavy atom. The first-order chi connectivity index (χ1) is 12.9. The molecule has 0 radical (unpaired) electrons. The van der Waals surface area contributed by atoms with Gasteiger partial charge in [0, 0.05) is 38.3 Å². The Morgan fingerprint density at radius 3 is 2.26 bits per heavy atom. The molecule has 1 aliphatic heterocycles. The first kappa shape index (κ1) is 18.4. The largest absolute Gasteiger partial charge is 0.508 e. The fraction of sp³-hybridized carbons (Fsp3) is 0.400. The Kier molecular flexibility index (Phi) is 4.92. The molecule has 1 saturated heterocycles. The Labute approximate surface area is 159 Å². The maximum absolute atomic E-state index is 13.1. The molecule has 0 spiro atoms. The van der Waals surface area contributed by atoms with Crippen LogP contribution in [0.4, 0.5) is 4.39 Å². The molecule has 7 heteroatoms. The number of piperazine rings is 1. The van der Waals surface area contributed by atoms with Gasteiger partial charge in [-0.25, -0.2) is 12.8 Å². The quantitative estimate of drug-likeness (QED) is 0.872. The molecule has 2 aromatic carbocycles. The van der Waals surface area contributed by atoms with Crippen LogP contribution in [0.3, 0.4) is 0 Å². The minimum atomic E-state index is -3.60. The van der Waals surface area contributed by atoms with Crippen LogP contribution in [-0.2, 0) is 29.4 Å². The van der Waals surface area contributed by atoms with Gasteiger partial charge in [-0.05, 0) is 60.7 Å². The molecule has 1 aliphatic carbocycles. The molecule has 2 aromatic rings. The lowest BCUT2D eigenvalue weighted by Gasteiger charge is -2.34. The summed E-state index contributed by atoms with van der Waals surface area (Å²) in [6, 6.07) is 8.92. The summed E-state index contributed by atoms with van der Waals surface area (Å²) in [4.78, 5) is 2.28. The minimum Gasteiger partial charge on any atom is -0.508 e. The summed E-state index contributed by atoms with van der Waals surface area (Å²) in [5, 5.41) is 10.3. The average Bonchev–Trinajstić information content (AvgIpc) is 3.10. The van der Waals surface area contributed by atoms with Gasteiger partial charge in [0.25, 0.3) is 0 Å². The molecule has 4 rings (SSSR count). The molecule has 144 valence electrons. The van der Waals surface area contributed by atoms with Crippen LogP contribution in [0.25, 0.3) is 0 Å². The predicted octanol–water partition coefficient (Wildman–Crippen LogP) is 2.53. The van der Waals surface area contributed by atoms with Gasteiger partial charge in [0.15, 0.2) is 0 Å². The molecule has 0 aromatic heterocycles. The van der Waals surface area contributed by atoms with Gasteiger partial charge < -0.3 is 5.11 Å². The van der Waals surface area contributed by atoms with Crippen molar-refractivity contribution in [2.45, 2.75) is 30.7 Å². The zero-order chi connectivity index (χ0) is 19.0. The van der Waals surface area contributed by atoms with Crippen LogP contribution in [0.2, 0.25) is 0 Å². The van der Waals surface area contributed by atoms with Gasteiger partial charge >= 0.3 is 0 Å². The normalized spacial score (nSPS) is 18.6. The van der Waals surface area contributed by atoms with Crippen LogP contribution in [0.1, 0.15) is 23.1 Å². The predicted molar refractivity (Wildman–Crippen MR) is 101 cm³/mol. The van der Waals surface area contributed by atoms with Crippen molar-refractivity contribution in [2.75, 3.05) is 26.2 Å². The van der Waals surface area contributed by atoms with E-state index in [0.717, 1.165) is 24.8 Å². The highest BCUT2D eigenvalue weighted by Crippen LogP contribution is 2.30. The molecular weight excluding hydrogens is 367 g/mol. The smallest absolute Gasteiger partial charge is 0.243 e. The van der Waals surface area contributed by atoms with Crippen molar-refractivity contribution in [3.8, 4) is 5.75 Å². The fourth-order valence-corrected chi connectivity index (χ4v) is 5.34. The number of rotatable bonds is 4. The summed E-state index contributed by atoms with van der Waals surface area (Å²) in [5.41, 5.74) is 3.47. The molecule has 0 amide bonds. The van der Waals surface area contributed by atoms with Crippen LogP contribution in [0.5, 0.6) is 5.75 Å². The minimum absolute atomic E-state index is 0.119. The Hall–Kier alpha value is -1.96. The van der Waals surface area contributed by atoms with Crippen molar-refractivity contribution in [1.82, 2.24) is 9.21 Å². The number of sulfonamides is 1. The second-order valence-electron chi connectivity index (χ2n) is 7.24. The van der Waals surface area contributed by atoms with E-state index in [4.69, 9.17) is 0 Å². The number of aryl methyl sites for hydroxylation is 2. The summed E-state index contributed by atoms with van der Waals surface area (Å²) >= 11 is 0. The number of hydrogen-bond donors (Lipinski definition) is 1. The van der Waals surface area contributed by atoms with Gasteiger partial charge in [-0.15, -0.1) is 0 Å². The first-order valence-corrected chi connectivity index (χ1v) is 10.7. The van der Waals surface area contributed by atoms with E-state index < -0.39 is 15.8 Å². The molecule has 1 fully saturated rings. The Balaban J connectivity index is 1.41. The summed E-state index contributed by atoms with van der Waals surface area (Å²) < 4.78 is 39.9. The van der Waals surface area contributed by atoms with Crippen LogP contribution < -0.4 is 0 Å². The van der Waals surface area contributed by atoms with E-state index >= 15 is 0 Å². The molecule has 0 atom stereocenters. The van der Waals surface area contributed by atoms with E-state index in [-0.39, 0.29) is 4.90 Å². The van der Waals surface area contributed by atoms with E-state index in [9.17, 15) is 17.9 Å². The molecule has 1 heterocycles. The summed E-state index contributed by atoms with van der Waals surface area (Å²) in [6.45, 7) is 2.56. The van der Waals surface area contributed by atoms with Crippen molar-refractivity contribution >= 4 is 10.0 Å². The van der Waals surface area contributed by atoms with Crippen LogP contribution in [0.15, 0.2) is 41.3 Å². The van der Waals surface area contributed by atoms with Crippen molar-refractivity contribution in [1.29, 1.82) is 0 Å². The third-order valence-electron chi connectivity index (χ3n) is 5.47. The molecule has 2 aliphatic rings. The highest BCUT2D eigenvalue weighted by Gasteiger charge is 2.29. The number of hydrogen-bond acceptors (Lipinski definition) is 4. The zero-order valence-electron chi connectivity index (χ0n) is 15.1. The third kappa shape index (κ3) is 3.72. The SMILES string of the molecule is O=S(=O)(c1ccc(F)cc1)N1CCN(Cc2cc3c(cc2O)CCC3)CC1. The van der Waals surface area contributed by atoms with E-state index in [0.29, 0.717) is 38.5 Å². The van der Waals surface area contributed by atoms with Gasteiger partial charge in [-0.1, -0.05) is 6.07 Å². The maximum atomic E-state index is 13.1. The number of fused-ring (bicyclic) bond motifs is 1. The molecule has 1 N–H and O–H groups in total. The topological polar surface area (TPSA) is 60.9 Å². The van der Waals surface area contributed by atoms with Gasteiger partial charge in [0.05, 0.1) is 4.90 Å². The van der Waals surface area contributed by atoms with Crippen molar-refractivity contribution < 1.29 is 17.9 Å². The Morgan fingerprint density at radius 1 is 0.963 bits per heavy atom. The van der Waals surface area contributed by atoms with Crippen LogP contribution in [0, 0.1) is 5.82 Å². The van der Waals surface area contributed by atoms with E-state index in [1.807, 2.05) is 6.07 Å². The molecule has 0 unspecified atom stereocenters. The second-order valence-corrected chi connectivity index (χ2v) is 9.18. The monoisotopic (exact) mass is 390 g/mol. The molecule has 5 nitrogen and oxygen atoms in total. The van der Waals surface area contributed by atoms with Crippen molar-refractivity contribution in [3.63, 3.8) is 0 Å². The van der Waals surface area contributed by atoms with Gasteiger partial charge in [-0.3, -0.25) is 4.90 Å². The lowest BCUT2D eigenvalue weighted by Crippen LogP contribution is -2.48. The number of phenolic OH excluding ortho intramolecular Hbond substituents is 1. The van der Waals surface area contributed by atoms with E-state index in [1.165, 1.54) is 39.7 Å². The fourth-order valence-electron chi connectivity index (χ4n) is 3.91. The second kappa shape index (κ2) is 7.22. The lowest BCUT2D eigenvalue weighted by molar-refractivity contribution is 0.180. The molecule has 0 saturated carbocycles. The molecular formula is C20H23FN2O3S. The van der Waals surface area contributed by atoms with E-state index in [1.54, 1.807) is 0 Å². The highest BCUT2D eigenvalue weighted by atomic mass is 32.2. The number of nitrogens with zero attached hydrogens (tertiary/aromatic N) is 2. The van der Waals surface area contributed by atoms with Crippen molar-refractivity contribution in [2.24, 2.45) is 0 Å². The number of halogens is 1. The number of phenols is 1. The number of benzene rings is 2. The van der Waals surface area contributed by atoms with Gasteiger partial charge in [-0.2, -0.15) is 4.31 Å². The molecule has 0 bridgehead atoms. The van der Waals surface area contributed by atoms with Crippen LogP contribution >= 0.6 is 0 Å². The number of aromatic hydroxyl groups is 1. The zero-order valence-corrected chi connectivity index (χ0v) is 15.9. The lowest BCUT2D eigenvalue weighted by atomic mass is 10.0. The summed E-state index contributed by atoms with van der Waals surface area (Å²) in [6.07, 6.45) is 3.23. The standard InChI is InChI=1S/C20H23FN2O3S/c21-18-4-6-19(7-5-18)27(25,26)23-10-8-22(9-11-23)14-17-12-15-2-1-3-16(15)13-20(17)24/h4-7,12-13,24H,1-3,8-11,14H2. The highest BCUT2D eigenvalue weighted by molar-refractivity contribution is 7.89. The van der Waals surface area contributed by atoms with Crippen LogP contribution in [-0.4, -0.2) is 48.9 Å². The third-order valence-corrected chi connectivity index (χ3v) is 7.38. The molecule has 27 heavy (non-hydrogen) atoms. The maximum Gasteiger partial charge on any atom is 0.243 e. The average molecular weight is 390 g/mol.